The van der Waals surface area contributed by atoms with Gasteiger partial charge in [0.25, 0.3) is 0 Å². The molecule has 17 heavy (non-hydrogen) atoms. The van der Waals surface area contributed by atoms with E-state index in [1.54, 1.807) is 17.9 Å². The van der Waals surface area contributed by atoms with Crippen LogP contribution in [0.1, 0.15) is 31.0 Å². The molecule has 0 unspecified atom stereocenters. The lowest BCUT2D eigenvalue weighted by Crippen LogP contribution is -2.24. The van der Waals surface area contributed by atoms with Crippen molar-refractivity contribution in [1.82, 2.24) is 15.3 Å². The van der Waals surface area contributed by atoms with Crippen molar-refractivity contribution in [2.24, 2.45) is 7.05 Å². The third-order valence-electron chi connectivity index (χ3n) is 2.08. The molecule has 0 amide bonds. The summed E-state index contributed by atoms with van der Waals surface area (Å²) in [6.07, 6.45) is -2.55. The van der Waals surface area contributed by atoms with Crippen LogP contribution < -0.4 is 5.48 Å². The van der Waals surface area contributed by atoms with Gasteiger partial charge in [0, 0.05) is 25.4 Å². The Kier molecular flexibility index (Phi) is 4.53. The molecule has 0 aliphatic carbocycles. The molecule has 0 aromatic carbocycles. The standard InChI is InChI=1S/C10H16F3N3O/c1-7(2)9-8(5-16(3)15-9)4-14-17-6-10(11,12)13/h5,7,14H,4,6H2,1-3H3. The first-order chi connectivity index (χ1) is 7.79. The molecule has 1 aromatic rings. The Morgan fingerprint density at radius 1 is 1.47 bits per heavy atom. The molecule has 0 saturated carbocycles. The van der Waals surface area contributed by atoms with Crippen molar-refractivity contribution in [3.63, 3.8) is 0 Å². The monoisotopic (exact) mass is 251 g/mol. The maximum absolute atomic E-state index is 11.8. The number of nitrogens with one attached hydrogen (secondary N) is 1. The fourth-order valence-corrected chi connectivity index (χ4v) is 1.44. The largest absolute Gasteiger partial charge is 0.413 e. The van der Waals surface area contributed by atoms with Gasteiger partial charge in [-0.2, -0.15) is 23.8 Å². The zero-order chi connectivity index (χ0) is 13.1. The Labute approximate surface area is 97.7 Å². The van der Waals surface area contributed by atoms with Crippen LogP contribution in [0.2, 0.25) is 0 Å². The van der Waals surface area contributed by atoms with Crippen LogP contribution in [-0.4, -0.2) is 22.6 Å². The summed E-state index contributed by atoms with van der Waals surface area (Å²) in [5.74, 6) is 0.218. The van der Waals surface area contributed by atoms with Crippen molar-refractivity contribution < 1.29 is 18.0 Å². The van der Waals surface area contributed by atoms with Crippen LogP contribution in [0.15, 0.2) is 6.20 Å². The van der Waals surface area contributed by atoms with Gasteiger partial charge in [-0.3, -0.25) is 9.52 Å². The first kappa shape index (κ1) is 14.0. The van der Waals surface area contributed by atoms with Crippen LogP contribution in [0.5, 0.6) is 0 Å². The lowest BCUT2D eigenvalue weighted by atomic mass is 10.1. The van der Waals surface area contributed by atoms with Crippen LogP contribution in [0.3, 0.4) is 0 Å². The minimum absolute atomic E-state index is 0.206. The van der Waals surface area contributed by atoms with Crippen LogP contribution in [0.4, 0.5) is 13.2 Å². The second-order valence-electron chi connectivity index (χ2n) is 4.09. The summed E-state index contributed by atoms with van der Waals surface area (Å²) in [6, 6.07) is 0. The van der Waals surface area contributed by atoms with Crippen molar-refractivity contribution >= 4 is 0 Å². The van der Waals surface area contributed by atoms with Crippen molar-refractivity contribution in [3.05, 3.63) is 17.5 Å². The number of aromatic nitrogens is 2. The fourth-order valence-electron chi connectivity index (χ4n) is 1.44. The molecule has 0 aliphatic rings. The average Bonchev–Trinajstić information content (AvgIpc) is 2.53. The molecule has 0 fully saturated rings. The number of alkyl halides is 3. The van der Waals surface area contributed by atoms with Crippen molar-refractivity contribution in [3.8, 4) is 0 Å². The summed E-state index contributed by atoms with van der Waals surface area (Å²) in [5, 5.41) is 4.24. The van der Waals surface area contributed by atoms with Gasteiger partial charge in [-0.1, -0.05) is 13.8 Å². The van der Waals surface area contributed by atoms with E-state index in [-0.39, 0.29) is 12.5 Å². The normalized spacial score (nSPS) is 12.4. The fraction of sp³-hybridized carbons (Fsp3) is 0.700. The van der Waals surface area contributed by atoms with E-state index in [1.165, 1.54) is 0 Å². The quantitative estimate of drug-likeness (QED) is 0.643. The first-order valence-electron chi connectivity index (χ1n) is 5.23. The van der Waals surface area contributed by atoms with Crippen LogP contribution in [-0.2, 0) is 18.4 Å². The maximum Gasteiger partial charge on any atom is 0.413 e. The van der Waals surface area contributed by atoms with E-state index in [0.717, 1.165) is 11.3 Å². The van der Waals surface area contributed by atoms with Gasteiger partial charge in [0.1, 0.15) is 0 Å². The Morgan fingerprint density at radius 3 is 2.65 bits per heavy atom. The third-order valence-corrected chi connectivity index (χ3v) is 2.08. The van der Waals surface area contributed by atoms with E-state index in [4.69, 9.17) is 0 Å². The second-order valence-corrected chi connectivity index (χ2v) is 4.09. The summed E-state index contributed by atoms with van der Waals surface area (Å²) in [7, 11) is 1.77. The van der Waals surface area contributed by atoms with E-state index >= 15 is 0 Å². The molecule has 98 valence electrons. The summed E-state index contributed by atoms with van der Waals surface area (Å²) >= 11 is 0. The molecular weight excluding hydrogens is 235 g/mol. The molecule has 1 aromatic heterocycles. The topological polar surface area (TPSA) is 39.1 Å². The minimum Gasteiger partial charge on any atom is -0.292 e. The van der Waals surface area contributed by atoms with Gasteiger partial charge in [0.15, 0.2) is 6.61 Å². The first-order valence-corrected chi connectivity index (χ1v) is 5.23. The highest BCUT2D eigenvalue weighted by Gasteiger charge is 2.27. The van der Waals surface area contributed by atoms with Crippen molar-refractivity contribution in [2.45, 2.75) is 32.5 Å². The van der Waals surface area contributed by atoms with Gasteiger partial charge in [0.05, 0.1) is 5.69 Å². The Morgan fingerprint density at radius 2 is 2.12 bits per heavy atom. The number of hydrogen-bond donors (Lipinski definition) is 1. The molecule has 0 bridgehead atoms. The average molecular weight is 251 g/mol. The highest BCUT2D eigenvalue weighted by Crippen LogP contribution is 2.17. The summed E-state index contributed by atoms with van der Waals surface area (Å²) < 4.78 is 37.1. The molecule has 0 saturated heterocycles. The van der Waals surface area contributed by atoms with Gasteiger partial charge in [-0.25, -0.2) is 0 Å². The van der Waals surface area contributed by atoms with Gasteiger partial charge < -0.3 is 0 Å². The van der Waals surface area contributed by atoms with Crippen molar-refractivity contribution in [2.75, 3.05) is 6.61 Å². The predicted octanol–water partition coefficient (Wildman–Crippen LogP) is 2.13. The molecule has 1 rings (SSSR count). The zero-order valence-corrected chi connectivity index (χ0v) is 10.0. The highest BCUT2D eigenvalue weighted by atomic mass is 19.4. The molecule has 1 heterocycles. The molecule has 0 aliphatic heterocycles. The smallest absolute Gasteiger partial charge is 0.292 e. The zero-order valence-electron chi connectivity index (χ0n) is 10.0. The number of rotatable bonds is 5. The highest BCUT2D eigenvalue weighted by molar-refractivity contribution is 5.19. The van der Waals surface area contributed by atoms with Crippen molar-refractivity contribution in [1.29, 1.82) is 0 Å². The molecule has 1 N–H and O–H groups in total. The summed E-state index contributed by atoms with van der Waals surface area (Å²) in [5.41, 5.74) is 3.99. The van der Waals surface area contributed by atoms with E-state index in [0.29, 0.717) is 0 Å². The van der Waals surface area contributed by atoms with Crippen LogP contribution in [0.25, 0.3) is 0 Å². The molecule has 0 atom stereocenters. The van der Waals surface area contributed by atoms with E-state index in [2.05, 4.69) is 15.4 Å². The van der Waals surface area contributed by atoms with Gasteiger partial charge >= 0.3 is 6.18 Å². The number of hydrogen-bond acceptors (Lipinski definition) is 3. The van der Waals surface area contributed by atoms with Crippen LogP contribution in [0, 0.1) is 0 Å². The second kappa shape index (κ2) is 5.50. The number of nitrogens with zero attached hydrogens (tertiary/aromatic N) is 2. The summed E-state index contributed by atoms with van der Waals surface area (Å²) in [4.78, 5) is 4.33. The van der Waals surface area contributed by atoms with Crippen LogP contribution >= 0.6 is 0 Å². The minimum atomic E-state index is -4.32. The van der Waals surface area contributed by atoms with E-state index in [1.807, 2.05) is 13.8 Å². The number of halogens is 3. The molecule has 4 nitrogen and oxygen atoms in total. The molecule has 0 spiro atoms. The predicted molar refractivity (Wildman–Crippen MR) is 56.1 cm³/mol. The van der Waals surface area contributed by atoms with Gasteiger partial charge in [0.2, 0.25) is 0 Å². The van der Waals surface area contributed by atoms with E-state index in [9.17, 15) is 13.2 Å². The molecule has 7 heteroatoms. The SMILES string of the molecule is CC(C)c1nn(C)cc1CNOCC(F)(F)F. The number of hydroxylamine groups is 1. The Bertz CT molecular complexity index is 360. The summed E-state index contributed by atoms with van der Waals surface area (Å²) in [6.45, 7) is 2.85. The third kappa shape index (κ3) is 4.74. The lowest BCUT2D eigenvalue weighted by molar-refractivity contribution is -0.190. The Hall–Kier alpha value is -1.08. The van der Waals surface area contributed by atoms with Gasteiger partial charge in [-0.15, -0.1) is 0 Å². The molecular formula is C10H16F3N3O. The van der Waals surface area contributed by atoms with E-state index < -0.39 is 12.8 Å². The lowest BCUT2D eigenvalue weighted by Gasteiger charge is -2.09. The molecule has 0 radical (unpaired) electrons. The maximum atomic E-state index is 11.8. The Balaban J connectivity index is 2.46. The number of aryl methyl sites for hydroxylation is 1. The van der Waals surface area contributed by atoms with Gasteiger partial charge in [-0.05, 0) is 5.92 Å².